The van der Waals surface area contributed by atoms with Gasteiger partial charge in [-0.3, -0.25) is 14.1 Å². The van der Waals surface area contributed by atoms with Crippen LogP contribution in [0.15, 0.2) is 0 Å². The molecule has 4 rings (SSSR count). The highest BCUT2D eigenvalue weighted by atomic mass is 32.2. The van der Waals surface area contributed by atoms with Crippen LogP contribution in [0.5, 0.6) is 0 Å². The van der Waals surface area contributed by atoms with E-state index in [0.717, 1.165) is 64.2 Å². The molecule has 1 amide bonds. The van der Waals surface area contributed by atoms with Crippen LogP contribution in [-0.2, 0) is 24.4 Å². The molecule has 9 heteroatoms. The van der Waals surface area contributed by atoms with Crippen molar-refractivity contribution in [1.82, 2.24) is 5.32 Å². The van der Waals surface area contributed by atoms with Gasteiger partial charge in [-0.1, -0.05) is 13.8 Å². The summed E-state index contributed by atoms with van der Waals surface area (Å²) in [5, 5.41) is 14.0. The standard InChI is InChI=1S/C27H45NO7S/c1-17(29)35-20-9-11-27(3)19(15-20)16-23(30)25-21-8-7-18(26(21,2)12-10-22(25)27)5-4-6-24(31)28-13-14-36(32,33)34/h18-23,25,30H,4-16H2,1-3H3,(H,28,31)(H,32,33,34)/t18-,19?,20+,21-,22-,23-,25-,26+,27-/m0/s1. The van der Waals surface area contributed by atoms with E-state index >= 15 is 0 Å². The van der Waals surface area contributed by atoms with Crippen LogP contribution in [0.2, 0.25) is 0 Å². The number of fused-ring (bicyclic) bond motifs is 5. The van der Waals surface area contributed by atoms with Gasteiger partial charge in [0.2, 0.25) is 5.91 Å². The molecule has 0 heterocycles. The maximum Gasteiger partial charge on any atom is 0.302 e. The van der Waals surface area contributed by atoms with Crippen LogP contribution < -0.4 is 5.32 Å². The van der Waals surface area contributed by atoms with Gasteiger partial charge in [-0.25, -0.2) is 0 Å². The molecule has 0 saturated heterocycles. The van der Waals surface area contributed by atoms with Crippen molar-refractivity contribution in [2.45, 2.75) is 104 Å². The molecule has 0 bridgehead atoms. The quantitative estimate of drug-likeness (QED) is 0.324. The number of rotatable bonds is 8. The molecule has 0 aromatic rings. The fraction of sp³-hybridized carbons (Fsp3) is 0.926. The monoisotopic (exact) mass is 527 g/mol. The molecular formula is C27H45NO7S. The molecule has 206 valence electrons. The van der Waals surface area contributed by atoms with E-state index in [1.54, 1.807) is 0 Å². The molecule has 8 nitrogen and oxygen atoms in total. The SMILES string of the molecule is CC(=O)O[C@@H]1CC[C@@]2(C)C(C1)C[C@H](O)[C@H]1[C@@H]3CC[C@H](CCCC(=O)NCCS(=O)(=O)O)[C@@]3(C)CC[C@@H]12. The Morgan fingerprint density at radius 1 is 1.03 bits per heavy atom. The van der Waals surface area contributed by atoms with E-state index in [1.165, 1.54) is 6.92 Å². The van der Waals surface area contributed by atoms with Gasteiger partial charge in [0.05, 0.1) is 11.9 Å². The van der Waals surface area contributed by atoms with E-state index in [4.69, 9.17) is 9.29 Å². The molecule has 0 spiro atoms. The maximum atomic E-state index is 12.1. The summed E-state index contributed by atoms with van der Waals surface area (Å²) < 4.78 is 36.0. The third kappa shape index (κ3) is 5.63. The van der Waals surface area contributed by atoms with Crippen molar-refractivity contribution in [2.24, 2.45) is 40.4 Å². The van der Waals surface area contributed by atoms with Gasteiger partial charge in [-0.05, 0) is 105 Å². The van der Waals surface area contributed by atoms with Crippen molar-refractivity contribution in [3.63, 3.8) is 0 Å². The molecule has 3 N–H and O–H groups in total. The number of ether oxygens (including phenoxy) is 1. The first-order chi connectivity index (χ1) is 16.8. The number of aliphatic hydroxyl groups excluding tert-OH is 1. The second kappa shape index (κ2) is 10.5. The molecule has 36 heavy (non-hydrogen) atoms. The number of hydrogen-bond acceptors (Lipinski definition) is 6. The molecule has 4 aliphatic rings. The normalized spacial score (nSPS) is 42.1. The summed E-state index contributed by atoms with van der Waals surface area (Å²) in [6.07, 6.45) is 9.98. The van der Waals surface area contributed by atoms with Crippen LogP contribution >= 0.6 is 0 Å². The van der Waals surface area contributed by atoms with E-state index in [-0.39, 0.29) is 41.5 Å². The van der Waals surface area contributed by atoms with E-state index < -0.39 is 15.9 Å². The van der Waals surface area contributed by atoms with Crippen molar-refractivity contribution in [3.8, 4) is 0 Å². The number of esters is 1. The minimum Gasteiger partial charge on any atom is -0.463 e. The van der Waals surface area contributed by atoms with Crippen molar-refractivity contribution < 1.29 is 32.4 Å². The number of hydrogen-bond donors (Lipinski definition) is 3. The van der Waals surface area contributed by atoms with E-state index in [9.17, 15) is 23.1 Å². The van der Waals surface area contributed by atoms with E-state index in [0.29, 0.717) is 36.0 Å². The Labute approximate surface area is 216 Å². The minimum atomic E-state index is -4.06. The molecule has 0 aliphatic heterocycles. The van der Waals surface area contributed by atoms with Gasteiger partial charge in [-0.2, -0.15) is 8.42 Å². The predicted octanol–water partition coefficient (Wildman–Crippen LogP) is 3.72. The average molecular weight is 528 g/mol. The molecule has 4 saturated carbocycles. The Kier molecular flexibility index (Phi) is 8.14. The van der Waals surface area contributed by atoms with Crippen molar-refractivity contribution >= 4 is 22.0 Å². The molecule has 4 aliphatic carbocycles. The molecule has 0 aromatic carbocycles. The van der Waals surface area contributed by atoms with Crippen LogP contribution in [-0.4, -0.2) is 54.5 Å². The topological polar surface area (TPSA) is 130 Å². The zero-order valence-corrected chi connectivity index (χ0v) is 22.9. The Hall–Kier alpha value is -1.19. The highest BCUT2D eigenvalue weighted by Crippen LogP contribution is 2.68. The summed E-state index contributed by atoms with van der Waals surface area (Å²) in [5.41, 5.74) is 0.377. The molecular weight excluding hydrogens is 482 g/mol. The largest absolute Gasteiger partial charge is 0.463 e. The summed E-state index contributed by atoms with van der Waals surface area (Å²) in [5.74, 6) is 1.42. The zero-order chi connectivity index (χ0) is 26.3. The number of aliphatic hydroxyl groups is 1. The Morgan fingerprint density at radius 3 is 2.42 bits per heavy atom. The first-order valence-electron chi connectivity index (χ1n) is 13.9. The molecule has 9 atom stereocenters. The Bertz CT molecular complexity index is 938. The fourth-order valence-corrected chi connectivity index (χ4v) is 9.39. The van der Waals surface area contributed by atoms with Crippen molar-refractivity contribution in [2.75, 3.05) is 12.3 Å². The zero-order valence-electron chi connectivity index (χ0n) is 22.1. The molecule has 1 unspecified atom stereocenters. The number of carbonyl (C=O) groups excluding carboxylic acids is 2. The van der Waals surface area contributed by atoms with Crippen molar-refractivity contribution in [1.29, 1.82) is 0 Å². The molecule has 0 radical (unpaired) electrons. The number of carbonyl (C=O) groups is 2. The van der Waals surface area contributed by atoms with Crippen LogP contribution in [0, 0.1) is 40.4 Å². The van der Waals surface area contributed by atoms with Crippen LogP contribution in [0.25, 0.3) is 0 Å². The highest BCUT2D eigenvalue weighted by Gasteiger charge is 2.62. The van der Waals surface area contributed by atoms with Gasteiger partial charge < -0.3 is 15.2 Å². The second-order valence-electron chi connectivity index (χ2n) is 12.6. The highest BCUT2D eigenvalue weighted by molar-refractivity contribution is 7.85. The molecule has 4 fully saturated rings. The summed E-state index contributed by atoms with van der Waals surface area (Å²) >= 11 is 0. The Balaban J connectivity index is 1.35. The van der Waals surface area contributed by atoms with Gasteiger partial charge in [0.1, 0.15) is 6.10 Å². The fourth-order valence-electron chi connectivity index (χ4n) is 9.03. The van der Waals surface area contributed by atoms with Crippen molar-refractivity contribution in [3.05, 3.63) is 0 Å². The maximum absolute atomic E-state index is 12.1. The number of amides is 1. The molecule has 0 aromatic heterocycles. The number of nitrogens with one attached hydrogen (secondary N) is 1. The first-order valence-corrected chi connectivity index (χ1v) is 15.5. The predicted molar refractivity (Wildman–Crippen MR) is 135 cm³/mol. The summed E-state index contributed by atoms with van der Waals surface area (Å²) in [6, 6.07) is 0. The second-order valence-corrected chi connectivity index (χ2v) is 14.2. The van der Waals surface area contributed by atoms with E-state index in [1.807, 2.05) is 0 Å². The summed E-state index contributed by atoms with van der Waals surface area (Å²) in [4.78, 5) is 23.6. The first kappa shape index (κ1) is 27.8. The lowest BCUT2D eigenvalue weighted by Gasteiger charge is -2.62. The van der Waals surface area contributed by atoms with Crippen LogP contribution in [0.4, 0.5) is 0 Å². The van der Waals surface area contributed by atoms with Gasteiger partial charge in [0, 0.05) is 19.9 Å². The van der Waals surface area contributed by atoms with Gasteiger partial charge in [-0.15, -0.1) is 0 Å². The third-order valence-corrected chi connectivity index (χ3v) is 11.5. The summed E-state index contributed by atoms with van der Waals surface area (Å²) in [6.45, 7) is 6.26. The minimum absolute atomic E-state index is 0.0146. The smallest absolute Gasteiger partial charge is 0.302 e. The van der Waals surface area contributed by atoms with Crippen LogP contribution in [0.1, 0.15) is 91.4 Å². The van der Waals surface area contributed by atoms with Gasteiger partial charge in [0.25, 0.3) is 10.1 Å². The third-order valence-electron chi connectivity index (χ3n) is 10.8. The Morgan fingerprint density at radius 2 is 1.72 bits per heavy atom. The lowest BCUT2D eigenvalue weighted by Crippen LogP contribution is -2.58. The lowest BCUT2D eigenvalue weighted by atomic mass is 9.44. The van der Waals surface area contributed by atoms with Gasteiger partial charge in [0.15, 0.2) is 0 Å². The van der Waals surface area contributed by atoms with Crippen LogP contribution in [0.3, 0.4) is 0 Å². The van der Waals surface area contributed by atoms with Gasteiger partial charge >= 0.3 is 5.97 Å². The lowest BCUT2D eigenvalue weighted by molar-refractivity contribution is -0.181. The summed E-state index contributed by atoms with van der Waals surface area (Å²) in [7, 11) is -4.06. The average Bonchev–Trinajstić information content (AvgIpc) is 3.10. The van der Waals surface area contributed by atoms with E-state index in [2.05, 4.69) is 19.2 Å².